The Morgan fingerprint density at radius 1 is 1.42 bits per heavy atom. The highest BCUT2D eigenvalue weighted by molar-refractivity contribution is 7.98. The van der Waals surface area contributed by atoms with Crippen molar-refractivity contribution in [2.75, 3.05) is 17.3 Å². The SMILES string of the molecule is CSCCC(NC(=O)/C(C#N)=C\Nc1c(Cl)cccc1Cl)C(=O)O. The molecule has 1 aromatic carbocycles. The fourth-order valence-electron chi connectivity index (χ4n) is 1.66. The highest BCUT2D eigenvalue weighted by Gasteiger charge is 2.21. The van der Waals surface area contributed by atoms with Crippen molar-refractivity contribution < 1.29 is 14.7 Å². The number of nitrogens with zero attached hydrogens (tertiary/aromatic N) is 1. The monoisotopic (exact) mass is 387 g/mol. The molecule has 6 nitrogen and oxygen atoms in total. The van der Waals surface area contributed by atoms with E-state index in [1.54, 1.807) is 24.3 Å². The molecule has 1 unspecified atom stereocenters. The highest BCUT2D eigenvalue weighted by Crippen LogP contribution is 2.29. The number of carboxylic acid groups (broad SMARTS) is 1. The Bertz CT molecular complexity index is 669. The number of amides is 1. The normalized spacial score (nSPS) is 12.2. The van der Waals surface area contributed by atoms with E-state index in [0.717, 1.165) is 6.20 Å². The molecule has 1 rings (SSSR count). The number of nitriles is 1. The molecule has 0 aromatic heterocycles. The molecule has 0 spiro atoms. The van der Waals surface area contributed by atoms with Gasteiger partial charge in [-0.1, -0.05) is 29.3 Å². The fraction of sp³-hybridized carbons (Fsp3) is 0.267. The first-order chi connectivity index (χ1) is 11.4. The van der Waals surface area contributed by atoms with Gasteiger partial charge >= 0.3 is 5.97 Å². The Labute approximate surface area is 153 Å². The molecule has 1 aromatic rings. The van der Waals surface area contributed by atoms with Gasteiger partial charge in [0.25, 0.3) is 5.91 Å². The molecule has 0 aliphatic heterocycles. The van der Waals surface area contributed by atoms with E-state index < -0.39 is 17.9 Å². The molecule has 0 bridgehead atoms. The van der Waals surface area contributed by atoms with Crippen molar-refractivity contribution >= 4 is 52.5 Å². The Morgan fingerprint density at radius 2 is 2.04 bits per heavy atom. The topological polar surface area (TPSA) is 102 Å². The number of hydrogen-bond acceptors (Lipinski definition) is 5. The zero-order valence-electron chi connectivity index (χ0n) is 12.7. The fourth-order valence-corrected chi connectivity index (χ4v) is 2.64. The lowest BCUT2D eigenvalue weighted by Gasteiger charge is -2.13. The van der Waals surface area contributed by atoms with Crippen molar-refractivity contribution in [3.63, 3.8) is 0 Å². The molecular weight excluding hydrogens is 373 g/mol. The van der Waals surface area contributed by atoms with Crippen molar-refractivity contribution in [3.8, 4) is 6.07 Å². The van der Waals surface area contributed by atoms with Crippen molar-refractivity contribution in [2.45, 2.75) is 12.5 Å². The number of anilines is 1. The Balaban J connectivity index is 2.86. The highest BCUT2D eigenvalue weighted by atomic mass is 35.5. The third-order valence-corrected chi connectivity index (χ3v) is 4.18. The second kappa shape index (κ2) is 10.1. The van der Waals surface area contributed by atoms with E-state index in [-0.39, 0.29) is 12.0 Å². The summed E-state index contributed by atoms with van der Waals surface area (Å²) in [6, 6.07) is 5.49. The van der Waals surface area contributed by atoms with Gasteiger partial charge in [-0.05, 0) is 30.6 Å². The lowest BCUT2D eigenvalue weighted by atomic mass is 10.2. The lowest BCUT2D eigenvalue weighted by Crippen LogP contribution is -2.41. The van der Waals surface area contributed by atoms with E-state index in [2.05, 4.69) is 10.6 Å². The largest absolute Gasteiger partial charge is 0.480 e. The number of nitrogens with one attached hydrogen (secondary N) is 2. The van der Waals surface area contributed by atoms with Crippen LogP contribution in [0, 0.1) is 11.3 Å². The van der Waals surface area contributed by atoms with Crippen LogP contribution in [0.15, 0.2) is 30.0 Å². The van der Waals surface area contributed by atoms with Crippen molar-refractivity contribution in [1.29, 1.82) is 5.26 Å². The number of hydrogen-bond donors (Lipinski definition) is 3. The summed E-state index contributed by atoms with van der Waals surface area (Å²) in [7, 11) is 0. The van der Waals surface area contributed by atoms with Gasteiger partial charge < -0.3 is 15.7 Å². The van der Waals surface area contributed by atoms with Crippen molar-refractivity contribution in [2.24, 2.45) is 0 Å². The van der Waals surface area contributed by atoms with Gasteiger partial charge in [-0.15, -0.1) is 0 Å². The standard InChI is InChI=1S/C15H15Cl2N3O3S/c1-24-6-5-12(15(22)23)20-14(21)9(7-18)8-19-13-10(16)3-2-4-11(13)17/h2-4,8,12,19H,5-6H2,1H3,(H,20,21)(H,22,23)/b9-8-. The first kappa shape index (κ1) is 20.2. The second-order valence-corrected chi connectivity index (χ2v) is 6.36. The number of carbonyl (C=O) groups excluding carboxylic acids is 1. The number of rotatable bonds is 8. The molecular formula is C15H15Cl2N3O3S. The molecule has 0 aliphatic carbocycles. The summed E-state index contributed by atoms with van der Waals surface area (Å²) in [6.45, 7) is 0. The number of halogens is 2. The number of benzene rings is 1. The molecule has 24 heavy (non-hydrogen) atoms. The van der Waals surface area contributed by atoms with E-state index in [0.29, 0.717) is 21.5 Å². The van der Waals surface area contributed by atoms with E-state index in [1.165, 1.54) is 11.8 Å². The summed E-state index contributed by atoms with van der Waals surface area (Å²) in [5.41, 5.74) is 0.0555. The maximum Gasteiger partial charge on any atom is 0.326 e. The molecule has 0 radical (unpaired) electrons. The molecule has 0 fully saturated rings. The second-order valence-electron chi connectivity index (χ2n) is 4.56. The lowest BCUT2D eigenvalue weighted by molar-refractivity contribution is -0.141. The van der Waals surface area contributed by atoms with E-state index in [1.807, 2.05) is 6.26 Å². The molecule has 3 N–H and O–H groups in total. The maximum atomic E-state index is 12.1. The third-order valence-electron chi connectivity index (χ3n) is 2.90. The van der Waals surface area contributed by atoms with Gasteiger partial charge in [-0.2, -0.15) is 17.0 Å². The summed E-state index contributed by atoms with van der Waals surface area (Å²) < 4.78 is 0. The van der Waals surface area contributed by atoms with Crippen molar-refractivity contribution in [1.82, 2.24) is 5.32 Å². The van der Waals surface area contributed by atoms with Crippen LogP contribution in [-0.2, 0) is 9.59 Å². The van der Waals surface area contributed by atoms with Crippen LogP contribution in [0.4, 0.5) is 5.69 Å². The quantitative estimate of drug-likeness (QED) is 0.467. The number of thioether (sulfide) groups is 1. The summed E-state index contributed by atoms with van der Waals surface area (Å²) >= 11 is 13.4. The zero-order chi connectivity index (χ0) is 18.1. The van der Waals surface area contributed by atoms with E-state index >= 15 is 0 Å². The summed E-state index contributed by atoms with van der Waals surface area (Å²) in [4.78, 5) is 23.2. The van der Waals surface area contributed by atoms with Gasteiger partial charge in [-0.25, -0.2) is 4.79 Å². The molecule has 0 saturated heterocycles. The predicted molar refractivity (Wildman–Crippen MR) is 96.3 cm³/mol. The Morgan fingerprint density at radius 3 is 2.54 bits per heavy atom. The number of aliphatic carboxylic acids is 1. The average molecular weight is 388 g/mol. The van der Waals surface area contributed by atoms with Gasteiger partial charge in [0.05, 0.1) is 15.7 Å². The van der Waals surface area contributed by atoms with Gasteiger partial charge in [0.15, 0.2) is 0 Å². The van der Waals surface area contributed by atoms with Gasteiger partial charge in [0.1, 0.15) is 17.7 Å². The van der Waals surface area contributed by atoms with Crippen LogP contribution in [0.3, 0.4) is 0 Å². The molecule has 0 aliphatic rings. The van der Waals surface area contributed by atoms with E-state index in [9.17, 15) is 9.59 Å². The Hall–Kier alpha value is -1.88. The van der Waals surface area contributed by atoms with Crippen LogP contribution in [0.5, 0.6) is 0 Å². The minimum absolute atomic E-state index is 0.255. The number of carbonyl (C=O) groups is 2. The van der Waals surface area contributed by atoms with E-state index in [4.69, 9.17) is 33.6 Å². The van der Waals surface area contributed by atoms with Gasteiger partial charge in [-0.3, -0.25) is 4.79 Å². The molecule has 9 heteroatoms. The van der Waals surface area contributed by atoms with Gasteiger partial charge in [0, 0.05) is 6.20 Å². The number of para-hydroxylation sites is 1. The van der Waals surface area contributed by atoms with Crippen LogP contribution < -0.4 is 10.6 Å². The minimum Gasteiger partial charge on any atom is -0.480 e. The molecule has 0 saturated carbocycles. The van der Waals surface area contributed by atoms with Crippen LogP contribution in [0.1, 0.15) is 6.42 Å². The van der Waals surface area contributed by atoms with Crippen LogP contribution in [-0.4, -0.2) is 35.0 Å². The molecule has 128 valence electrons. The van der Waals surface area contributed by atoms with Crippen LogP contribution in [0.2, 0.25) is 10.0 Å². The maximum absolute atomic E-state index is 12.1. The molecule has 0 heterocycles. The summed E-state index contributed by atoms with van der Waals surface area (Å²) in [5, 5.41) is 23.9. The summed E-state index contributed by atoms with van der Waals surface area (Å²) in [5.74, 6) is -1.38. The average Bonchev–Trinajstić information content (AvgIpc) is 2.54. The van der Waals surface area contributed by atoms with Crippen LogP contribution in [0.25, 0.3) is 0 Å². The molecule has 1 atom stereocenters. The minimum atomic E-state index is -1.16. The van der Waals surface area contributed by atoms with Gasteiger partial charge in [0.2, 0.25) is 0 Å². The Kier molecular flexibility index (Phi) is 8.47. The zero-order valence-corrected chi connectivity index (χ0v) is 15.0. The smallest absolute Gasteiger partial charge is 0.326 e. The summed E-state index contributed by atoms with van der Waals surface area (Å²) in [6.07, 6.45) is 3.22. The first-order valence-corrected chi connectivity index (χ1v) is 8.89. The number of carboxylic acids is 1. The predicted octanol–water partition coefficient (Wildman–Crippen LogP) is 3.14. The molecule has 1 amide bonds. The third kappa shape index (κ3) is 5.96. The first-order valence-electron chi connectivity index (χ1n) is 6.74. The van der Waals surface area contributed by atoms with Crippen molar-refractivity contribution in [3.05, 3.63) is 40.0 Å². The van der Waals surface area contributed by atoms with Crippen LogP contribution >= 0.6 is 35.0 Å².